The SMILES string of the molecule is COc1ccc(Cn2cc(C(CC(=O)NCc3ccncc3)C(C)(C)C)c3ccccc32)cc1. The van der Waals surface area contributed by atoms with Gasteiger partial charge < -0.3 is 14.6 Å². The fraction of sp³-hybridized carbons (Fsp3) is 0.310. The van der Waals surface area contributed by atoms with Crippen molar-refractivity contribution in [2.24, 2.45) is 5.41 Å². The minimum absolute atomic E-state index is 0.0590. The van der Waals surface area contributed by atoms with Crippen LogP contribution in [0.4, 0.5) is 0 Å². The molecule has 34 heavy (non-hydrogen) atoms. The van der Waals surface area contributed by atoms with Gasteiger partial charge in [-0.1, -0.05) is 51.1 Å². The van der Waals surface area contributed by atoms with Crippen LogP contribution in [0, 0.1) is 5.41 Å². The smallest absolute Gasteiger partial charge is 0.220 e. The molecule has 0 saturated heterocycles. The van der Waals surface area contributed by atoms with Crippen LogP contribution in [-0.4, -0.2) is 22.6 Å². The third kappa shape index (κ3) is 5.48. The summed E-state index contributed by atoms with van der Waals surface area (Å²) in [5.74, 6) is 0.989. The van der Waals surface area contributed by atoms with E-state index in [1.165, 1.54) is 22.0 Å². The number of hydrogen-bond donors (Lipinski definition) is 1. The molecule has 5 heteroatoms. The summed E-state index contributed by atoms with van der Waals surface area (Å²) in [6.07, 6.45) is 6.17. The van der Waals surface area contributed by atoms with Gasteiger partial charge in [0, 0.05) is 49.0 Å². The Morgan fingerprint density at radius 1 is 1.00 bits per heavy atom. The monoisotopic (exact) mass is 455 g/mol. The van der Waals surface area contributed by atoms with Crippen LogP contribution in [-0.2, 0) is 17.9 Å². The molecule has 1 atom stereocenters. The van der Waals surface area contributed by atoms with Crippen molar-refractivity contribution >= 4 is 16.8 Å². The van der Waals surface area contributed by atoms with Gasteiger partial charge in [0.1, 0.15) is 5.75 Å². The number of ether oxygens (including phenoxy) is 1. The van der Waals surface area contributed by atoms with Gasteiger partial charge >= 0.3 is 0 Å². The van der Waals surface area contributed by atoms with E-state index < -0.39 is 0 Å². The van der Waals surface area contributed by atoms with Gasteiger partial charge in [-0.3, -0.25) is 9.78 Å². The second-order valence-electron chi connectivity index (χ2n) is 9.83. The number of fused-ring (bicyclic) bond motifs is 1. The number of aromatic nitrogens is 2. The maximum absolute atomic E-state index is 13.0. The molecule has 0 saturated carbocycles. The first kappa shape index (κ1) is 23.6. The molecular formula is C29H33N3O2. The first-order valence-corrected chi connectivity index (χ1v) is 11.7. The van der Waals surface area contributed by atoms with Crippen LogP contribution >= 0.6 is 0 Å². The van der Waals surface area contributed by atoms with E-state index in [0.29, 0.717) is 13.0 Å². The molecule has 1 amide bonds. The lowest BCUT2D eigenvalue weighted by atomic mass is 9.74. The van der Waals surface area contributed by atoms with Crippen molar-refractivity contribution in [2.45, 2.75) is 46.2 Å². The second kappa shape index (κ2) is 10.1. The number of amides is 1. The Morgan fingerprint density at radius 2 is 1.71 bits per heavy atom. The highest BCUT2D eigenvalue weighted by molar-refractivity contribution is 5.86. The zero-order valence-electron chi connectivity index (χ0n) is 20.4. The Balaban J connectivity index is 1.61. The van der Waals surface area contributed by atoms with E-state index in [0.717, 1.165) is 17.9 Å². The number of rotatable bonds is 8. The minimum Gasteiger partial charge on any atom is -0.497 e. The topological polar surface area (TPSA) is 56.1 Å². The number of carbonyl (C=O) groups is 1. The summed E-state index contributed by atoms with van der Waals surface area (Å²) >= 11 is 0. The fourth-order valence-electron chi connectivity index (χ4n) is 4.45. The molecule has 0 radical (unpaired) electrons. The second-order valence-corrected chi connectivity index (χ2v) is 9.83. The lowest BCUT2D eigenvalue weighted by molar-refractivity contribution is -0.122. The Labute approximate surface area is 201 Å². The van der Waals surface area contributed by atoms with Crippen molar-refractivity contribution in [2.75, 3.05) is 7.11 Å². The number of nitrogens with one attached hydrogen (secondary N) is 1. The molecule has 176 valence electrons. The predicted molar refractivity (Wildman–Crippen MR) is 137 cm³/mol. The lowest BCUT2D eigenvalue weighted by Crippen LogP contribution is -2.29. The van der Waals surface area contributed by atoms with Gasteiger partial charge in [0.05, 0.1) is 7.11 Å². The van der Waals surface area contributed by atoms with Crippen LogP contribution in [0.5, 0.6) is 5.75 Å². The largest absolute Gasteiger partial charge is 0.497 e. The van der Waals surface area contributed by atoms with E-state index in [4.69, 9.17) is 4.74 Å². The average molecular weight is 456 g/mol. The van der Waals surface area contributed by atoms with Crippen LogP contribution in [0.1, 0.15) is 49.8 Å². The highest BCUT2D eigenvalue weighted by atomic mass is 16.5. The quantitative estimate of drug-likeness (QED) is 0.358. The molecule has 1 unspecified atom stereocenters. The summed E-state index contributed by atoms with van der Waals surface area (Å²) in [6, 6.07) is 20.5. The molecule has 4 aromatic rings. The van der Waals surface area contributed by atoms with Crippen molar-refractivity contribution in [1.29, 1.82) is 0 Å². The molecule has 1 N–H and O–H groups in total. The normalized spacial score (nSPS) is 12.5. The minimum atomic E-state index is -0.0803. The number of methoxy groups -OCH3 is 1. The molecule has 2 aromatic carbocycles. The van der Waals surface area contributed by atoms with E-state index in [1.807, 2.05) is 24.3 Å². The fourth-order valence-corrected chi connectivity index (χ4v) is 4.45. The Bertz CT molecular complexity index is 1240. The molecule has 4 rings (SSSR count). The molecule has 0 spiro atoms. The van der Waals surface area contributed by atoms with Gasteiger partial charge in [0.15, 0.2) is 0 Å². The maximum Gasteiger partial charge on any atom is 0.220 e. The molecule has 5 nitrogen and oxygen atoms in total. The Kier molecular flexibility index (Phi) is 7.01. The standard InChI is InChI=1S/C29H33N3O2/c1-29(2,3)26(17-28(33)31-18-21-13-15-30-16-14-21)25-20-32(27-8-6-5-7-24(25)27)19-22-9-11-23(34-4)12-10-22/h5-16,20,26H,17-19H2,1-4H3,(H,31,33). The Morgan fingerprint density at radius 3 is 2.38 bits per heavy atom. The number of hydrogen-bond acceptors (Lipinski definition) is 3. The van der Waals surface area contributed by atoms with E-state index in [2.05, 4.69) is 78.2 Å². The summed E-state index contributed by atoms with van der Waals surface area (Å²) in [4.78, 5) is 17.0. The maximum atomic E-state index is 13.0. The number of para-hydroxylation sites is 1. The molecular weight excluding hydrogens is 422 g/mol. The van der Waals surface area contributed by atoms with Crippen molar-refractivity contribution in [3.8, 4) is 5.75 Å². The summed E-state index contributed by atoms with van der Waals surface area (Å²) in [5, 5.41) is 4.30. The predicted octanol–water partition coefficient (Wildman–Crippen LogP) is 5.93. The van der Waals surface area contributed by atoms with Gasteiger partial charge in [0.25, 0.3) is 0 Å². The molecule has 2 heterocycles. The van der Waals surface area contributed by atoms with Crippen molar-refractivity contribution < 1.29 is 9.53 Å². The third-order valence-corrected chi connectivity index (χ3v) is 6.38. The van der Waals surface area contributed by atoms with Gasteiger partial charge in [-0.2, -0.15) is 0 Å². The van der Waals surface area contributed by atoms with E-state index >= 15 is 0 Å². The average Bonchev–Trinajstić information content (AvgIpc) is 3.19. The number of nitrogens with zero attached hydrogens (tertiary/aromatic N) is 2. The van der Waals surface area contributed by atoms with E-state index in [1.54, 1.807) is 19.5 Å². The summed E-state index contributed by atoms with van der Waals surface area (Å²) in [5.41, 5.74) is 4.57. The van der Waals surface area contributed by atoms with Gasteiger partial charge in [-0.15, -0.1) is 0 Å². The molecule has 0 aliphatic rings. The number of carbonyl (C=O) groups excluding carboxylic acids is 1. The Hall–Kier alpha value is -3.60. The zero-order valence-corrected chi connectivity index (χ0v) is 20.4. The van der Waals surface area contributed by atoms with Gasteiger partial charge in [-0.05, 0) is 58.4 Å². The highest BCUT2D eigenvalue weighted by Gasteiger charge is 2.31. The van der Waals surface area contributed by atoms with Crippen LogP contribution < -0.4 is 10.1 Å². The van der Waals surface area contributed by atoms with Crippen LogP contribution in [0.15, 0.2) is 79.3 Å². The van der Waals surface area contributed by atoms with Gasteiger partial charge in [-0.25, -0.2) is 0 Å². The highest BCUT2D eigenvalue weighted by Crippen LogP contribution is 2.41. The summed E-state index contributed by atoms with van der Waals surface area (Å²) in [6.45, 7) is 7.91. The third-order valence-electron chi connectivity index (χ3n) is 6.38. The van der Waals surface area contributed by atoms with Crippen molar-refractivity contribution in [3.05, 3.63) is 95.9 Å². The molecule has 0 aliphatic carbocycles. The lowest BCUT2D eigenvalue weighted by Gasteiger charge is -2.30. The molecule has 0 aliphatic heterocycles. The van der Waals surface area contributed by atoms with Crippen molar-refractivity contribution in [3.63, 3.8) is 0 Å². The van der Waals surface area contributed by atoms with Crippen LogP contribution in [0.25, 0.3) is 10.9 Å². The first-order valence-electron chi connectivity index (χ1n) is 11.7. The number of benzene rings is 2. The number of pyridine rings is 1. The van der Waals surface area contributed by atoms with Crippen LogP contribution in [0.2, 0.25) is 0 Å². The van der Waals surface area contributed by atoms with Crippen molar-refractivity contribution in [1.82, 2.24) is 14.9 Å². The van der Waals surface area contributed by atoms with E-state index in [9.17, 15) is 4.79 Å². The molecule has 0 bridgehead atoms. The van der Waals surface area contributed by atoms with E-state index in [-0.39, 0.29) is 17.2 Å². The molecule has 0 fully saturated rings. The zero-order chi connectivity index (χ0) is 24.1. The molecule has 2 aromatic heterocycles. The van der Waals surface area contributed by atoms with Crippen LogP contribution in [0.3, 0.4) is 0 Å². The summed E-state index contributed by atoms with van der Waals surface area (Å²) < 4.78 is 7.59. The summed E-state index contributed by atoms with van der Waals surface area (Å²) in [7, 11) is 1.68. The first-order chi connectivity index (χ1) is 16.3. The van der Waals surface area contributed by atoms with Gasteiger partial charge in [0.2, 0.25) is 5.91 Å².